The lowest BCUT2D eigenvalue weighted by molar-refractivity contribution is 0.457. The molecule has 0 aliphatic heterocycles. The maximum absolute atomic E-state index is 4.62. The van der Waals surface area contributed by atoms with Gasteiger partial charge >= 0.3 is 0 Å². The molecule has 3 rings (SSSR count). The van der Waals surface area contributed by atoms with E-state index in [0.717, 1.165) is 21.5 Å². The first kappa shape index (κ1) is 11.2. The molecule has 0 aromatic carbocycles. The van der Waals surface area contributed by atoms with E-state index in [9.17, 15) is 0 Å². The van der Waals surface area contributed by atoms with Crippen LogP contribution in [0.3, 0.4) is 0 Å². The first-order chi connectivity index (χ1) is 7.84. The summed E-state index contributed by atoms with van der Waals surface area (Å²) in [4.78, 5) is 12.3. The van der Waals surface area contributed by atoms with Crippen LogP contribution in [0, 0.1) is 10.8 Å². The van der Waals surface area contributed by atoms with Gasteiger partial charge in [-0.2, -0.15) is 0 Å². The number of hydrogen-bond donors (Lipinski definition) is 1. The lowest BCUT2D eigenvalue weighted by Crippen LogP contribution is -1.95. The summed E-state index contributed by atoms with van der Waals surface area (Å²) in [5.41, 5.74) is 2.42. The van der Waals surface area contributed by atoms with Crippen molar-refractivity contribution < 1.29 is 0 Å². The average Bonchev–Trinajstić information content (AvgIpc) is 2.56. The summed E-state index contributed by atoms with van der Waals surface area (Å²) in [7, 11) is 0. The van der Waals surface area contributed by atoms with Gasteiger partial charge in [0.15, 0.2) is 5.65 Å². The quantitative estimate of drug-likeness (QED) is 0.867. The second-order valence-corrected chi connectivity index (χ2v) is 6.94. The summed E-state index contributed by atoms with van der Waals surface area (Å²) < 4.78 is 0.981. The van der Waals surface area contributed by atoms with Crippen LogP contribution in [0.25, 0.3) is 11.2 Å². The molecule has 3 nitrogen and oxygen atoms in total. The van der Waals surface area contributed by atoms with Crippen molar-refractivity contribution >= 4 is 27.1 Å². The van der Waals surface area contributed by atoms with E-state index in [1.54, 1.807) is 6.20 Å². The van der Waals surface area contributed by atoms with Gasteiger partial charge in [0.2, 0.25) is 0 Å². The van der Waals surface area contributed by atoms with Gasteiger partial charge in [0.05, 0.1) is 5.52 Å². The Balaban J connectivity index is 2.09. The van der Waals surface area contributed by atoms with Gasteiger partial charge in [0.1, 0.15) is 5.82 Å². The summed E-state index contributed by atoms with van der Waals surface area (Å²) in [6.07, 6.45) is 1.79. The summed E-state index contributed by atoms with van der Waals surface area (Å²) >= 11 is 3.43. The van der Waals surface area contributed by atoms with E-state index in [0.29, 0.717) is 16.7 Å². The number of hydrogen-bond acceptors (Lipinski definition) is 2. The van der Waals surface area contributed by atoms with Crippen molar-refractivity contribution in [3.63, 3.8) is 0 Å². The lowest BCUT2D eigenvalue weighted by atomic mass is 10.0. The molecule has 0 atom stereocenters. The Bertz CT molecular complexity index is 584. The zero-order valence-corrected chi connectivity index (χ0v) is 12.1. The first-order valence-electron chi connectivity index (χ1n) is 5.85. The predicted molar refractivity (Wildman–Crippen MR) is 71.9 cm³/mol. The van der Waals surface area contributed by atoms with Gasteiger partial charge in [-0.25, -0.2) is 9.97 Å². The fourth-order valence-corrected chi connectivity index (χ4v) is 3.24. The Kier molecular flexibility index (Phi) is 2.05. The van der Waals surface area contributed by atoms with Gasteiger partial charge < -0.3 is 4.98 Å². The van der Waals surface area contributed by atoms with Crippen LogP contribution in [-0.2, 0) is 0 Å². The summed E-state index contributed by atoms with van der Waals surface area (Å²) in [5.74, 6) is 1.56. The van der Waals surface area contributed by atoms with Gasteiger partial charge in [-0.3, -0.25) is 0 Å². The van der Waals surface area contributed by atoms with E-state index in [1.807, 2.05) is 6.07 Å². The fourth-order valence-electron chi connectivity index (χ4n) is 2.91. The van der Waals surface area contributed by atoms with Crippen LogP contribution in [0.15, 0.2) is 16.7 Å². The standard InChI is InChI=1S/C13H16BrN3/c1-12(2)9(13(12,3)4)11-16-8-5-7(14)6-15-10(8)17-11/h5-6,9H,1-4H3,(H,15,16,17). The van der Waals surface area contributed by atoms with Crippen LogP contribution >= 0.6 is 15.9 Å². The van der Waals surface area contributed by atoms with Crippen molar-refractivity contribution in [2.45, 2.75) is 33.6 Å². The smallest absolute Gasteiger partial charge is 0.177 e. The molecule has 0 saturated heterocycles. The van der Waals surface area contributed by atoms with Crippen molar-refractivity contribution in [1.82, 2.24) is 15.0 Å². The molecule has 2 heterocycles. The van der Waals surface area contributed by atoms with E-state index < -0.39 is 0 Å². The van der Waals surface area contributed by atoms with Gasteiger partial charge in [-0.15, -0.1) is 0 Å². The fraction of sp³-hybridized carbons (Fsp3) is 0.538. The number of rotatable bonds is 1. The number of H-pyrrole nitrogens is 1. The summed E-state index contributed by atoms with van der Waals surface area (Å²) in [5, 5.41) is 0. The molecule has 0 amide bonds. The molecule has 1 fully saturated rings. The molecule has 4 heteroatoms. The van der Waals surface area contributed by atoms with Gasteiger partial charge in [0, 0.05) is 16.6 Å². The molecule has 17 heavy (non-hydrogen) atoms. The van der Waals surface area contributed by atoms with Crippen molar-refractivity contribution in [1.29, 1.82) is 0 Å². The van der Waals surface area contributed by atoms with Gasteiger partial charge in [-0.1, -0.05) is 27.7 Å². The minimum atomic E-state index is 0.304. The highest BCUT2D eigenvalue weighted by Gasteiger charge is 2.66. The Morgan fingerprint density at radius 2 is 1.88 bits per heavy atom. The van der Waals surface area contributed by atoms with Crippen molar-refractivity contribution in [3.05, 3.63) is 22.6 Å². The molecule has 90 valence electrons. The van der Waals surface area contributed by atoms with Crippen LogP contribution in [-0.4, -0.2) is 15.0 Å². The van der Waals surface area contributed by atoms with E-state index >= 15 is 0 Å². The summed E-state index contributed by atoms with van der Waals surface area (Å²) in [6.45, 7) is 9.20. The third-order valence-corrected chi connectivity index (χ3v) is 5.05. The molecular weight excluding hydrogens is 278 g/mol. The number of fused-ring (bicyclic) bond motifs is 1. The zero-order chi connectivity index (χ0) is 12.4. The number of imidazole rings is 1. The largest absolute Gasteiger partial charge is 0.340 e. The number of pyridine rings is 1. The van der Waals surface area contributed by atoms with E-state index in [4.69, 9.17) is 0 Å². The predicted octanol–water partition coefficient (Wildman–Crippen LogP) is 3.87. The molecule has 0 unspecified atom stereocenters. The SMILES string of the molecule is CC1(C)C(c2nc3ncc(Br)cc3[nH]2)C1(C)C. The molecule has 1 aliphatic rings. The van der Waals surface area contributed by atoms with Crippen LogP contribution < -0.4 is 0 Å². The topological polar surface area (TPSA) is 41.6 Å². The average molecular weight is 294 g/mol. The van der Waals surface area contributed by atoms with E-state index in [-0.39, 0.29) is 0 Å². The highest BCUT2D eigenvalue weighted by molar-refractivity contribution is 9.10. The number of aromatic nitrogens is 3. The van der Waals surface area contributed by atoms with Crippen LogP contribution in [0.2, 0.25) is 0 Å². The Labute approximate surface area is 109 Å². The molecule has 2 aromatic rings. The van der Waals surface area contributed by atoms with Crippen LogP contribution in [0.4, 0.5) is 0 Å². The molecule has 1 aliphatic carbocycles. The maximum atomic E-state index is 4.62. The third kappa shape index (κ3) is 1.39. The number of nitrogens with one attached hydrogen (secondary N) is 1. The van der Waals surface area contributed by atoms with Gasteiger partial charge in [-0.05, 0) is 32.8 Å². The second kappa shape index (κ2) is 3.10. The van der Waals surface area contributed by atoms with Crippen LogP contribution in [0.1, 0.15) is 39.4 Å². The Hall–Kier alpha value is -0.900. The highest BCUT2D eigenvalue weighted by Crippen LogP contribution is 2.73. The second-order valence-electron chi connectivity index (χ2n) is 6.02. The lowest BCUT2D eigenvalue weighted by Gasteiger charge is -2.03. The monoisotopic (exact) mass is 293 g/mol. The normalized spacial score (nSPS) is 21.9. The highest BCUT2D eigenvalue weighted by atomic mass is 79.9. The minimum Gasteiger partial charge on any atom is -0.340 e. The molecule has 1 N–H and O–H groups in total. The first-order valence-corrected chi connectivity index (χ1v) is 6.64. The third-order valence-electron chi connectivity index (χ3n) is 4.62. The molecule has 0 radical (unpaired) electrons. The number of aromatic amines is 1. The van der Waals surface area contributed by atoms with Crippen molar-refractivity contribution in [2.75, 3.05) is 0 Å². The van der Waals surface area contributed by atoms with Gasteiger partial charge in [0.25, 0.3) is 0 Å². The molecule has 1 saturated carbocycles. The molecule has 2 aromatic heterocycles. The van der Waals surface area contributed by atoms with Crippen LogP contribution in [0.5, 0.6) is 0 Å². The molecular formula is C13H16BrN3. The Morgan fingerprint density at radius 1 is 1.24 bits per heavy atom. The Morgan fingerprint density at radius 3 is 2.47 bits per heavy atom. The van der Waals surface area contributed by atoms with Crippen molar-refractivity contribution in [2.24, 2.45) is 10.8 Å². The van der Waals surface area contributed by atoms with E-state index in [1.165, 1.54) is 0 Å². The molecule has 0 spiro atoms. The number of halogens is 1. The van der Waals surface area contributed by atoms with Crippen molar-refractivity contribution in [3.8, 4) is 0 Å². The molecule has 0 bridgehead atoms. The number of nitrogens with zero attached hydrogens (tertiary/aromatic N) is 2. The van der Waals surface area contributed by atoms with E-state index in [2.05, 4.69) is 58.6 Å². The zero-order valence-electron chi connectivity index (χ0n) is 10.5. The summed E-state index contributed by atoms with van der Waals surface area (Å²) in [6, 6.07) is 2.03. The minimum absolute atomic E-state index is 0.304. The maximum Gasteiger partial charge on any atom is 0.177 e.